The molecule has 1 fully saturated rings. The minimum atomic E-state index is -4.37. The molecule has 19 heavy (non-hydrogen) atoms. The van der Waals surface area contributed by atoms with Crippen molar-refractivity contribution >= 4 is 0 Å². The predicted molar refractivity (Wildman–Crippen MR) is 67.1 cm³/mol. The number of hydrogen-bond donors (Lipinski definition) is 1. The average Bonchev–Trinajstić information content (AvgIpc) is 2.39. The monoisotopic (exact) mass is 273 g/mol. The average molecular weight is 273 g/mol. The van der Waals surface area contributed by atoms with Crippen LogP contribution < -0.4 is 10.1 Å². The quantitative estimate of drug-likeness (QED) is 0.910. The highest BCUT2D eigenvalue weighted by Gasteiger charge is 2.35. The molecule has 1 aliphatic rings. The van der Waals surface area contributed by atoms with Crippen LogP contribution in [0.15, 0.2) is 24.3 Å². The lowest BCUT2D eigenvalue weighted by Gasteiger charge is -2.29. The Hall–Kier alpha value is -1.23. The van der Waals surface area contributed by atoms with Crippen molar-refractivity contribution in [3.05, 3.63) is 29.8 Å². The first-order valence-corrected chi connectivity index (χ1v) is 6.52. The van der Waals surface area contributed by atoms with Gasteiger partial charge in [-0.15, -0.1) is 0 Å². The van der Waals surface area contributed by atoms with Crippen LogP contribution in [0.25, 0.3) is 0 Å². The minimum absolute atomic E-state index is 0.0759. The Balaban J connectivity index is 2.10. The van der Waals surface area contributed by atoms with Crippen LogP contribution in [0.3, 0.4) is 0 Å². The van der Waals surface area contributed by atoms with Crippen molar-refractivity contribution in [2.75, 3.05) is 13.1 Å². The summed E-state index contributed by atoms with van der Waals surface area (Å²) < 4.78 is 44.1. The van der Waals surface area contributed by atoms with Gasteiger partial charge in [-0.3, -0.25) is 0 Å². The fraction of sp³-hybridized carbons (Fsp3) is 0.571. The molecule has 0 radical (unpaired) electrons. The van der Waals surface area contributed by atoms with E-state index in [-0.39, 0.29) is 17.8 Å². The van der Waals surface area contributed by atoms with E-state index in [9.17, 15) is 13.2 Å². The van der Waals surface area contributed by atoms with Crippen LogP contribution >= 0.6 is 0 Å². The zero-order valence-corrected chi connectivity index (χ0v) is 10.8. The van der Waals surface area contributed by atoms with E-state index in [1.807, 2.05) is 6.92 Å². The third-order valence-corrected chi connectivity index (χ3v) is 3.50. The van der Waals surface area contributed by atoms with Crippen LogP contribution in [0, 0.1) is 5.92 Å². The van der Waals surface area contributed by atoms with E-state index in [1.54, 1.807) is 6.07 Å². The summed E-state index contributed by atoms with van der Waals surface area (Å²) in [5.41, 5.74) is -0.703. The smallest absolute Gasteiger partial charge is 0.419 e. The number of rotatable bonds is 3. The molecule has 0 spiro atoms. The van der Waals surface area contributed by atoms with Crippen LogP contribution in [0.2, 0.25) is 0 Å². The van der Waals surface area contributed by atoms with Crippen LogP contribution in [0.4, 0.5) is 13.2 Å². The van der Waals surface area contributed by atoms with Crippen molar-refractivity contribution in [2.24, 2.45) is 5.92 Å². The number of para-hydroxylation sites is 1. The Kier molecular flexibility index (Phi) is 4.34. The maximum Gasteiger partial charge on any atom is 0.419 e. The summed E-state index contributed by atoms with van der Waals surface area (Å²) in [7, 11) is 0. The highest BCUT2D eigenvalue weighted by Crippen LogP contribution is 2.36. The zero-order chi connectivity index (χ0) is 13.9. The van der Waals surface area contributed by atoms with Crippen LogP contribution in [-0.2, 0) is 6.18 Å². The van der Waals surface area contributed by atoms with Crippen molar-refractivity contribution in [1.82, 2.24) is 5.32 Å². The fourth-order valence-corrected chi connectivity index (χ4v) is 2.38. The molecule has 1 heterocycles. The SMILES string of the molecule is CC(Oc1ccccc1C(F)(F)F)C1CCCNC1. The predicted octanol–water partition coefficient (Wildman–Crippen LogP) is 3.47. The third-order valence-electron chi connectivity index (χ3n) is 3.50. The highest BCUT2D eigenvalue weighted by atomic mass is 19.4. The molecule has 2 unspecified atom stereocenters. The molecule has 1 aromatic carbocycles. The summed E-state index contributed by atoms with van der Waals surface area (Å²) in [6.45, 7) is 3.61. The summed E-state index contributed by atoms with van der Waals surface area (Å²) in [5, 5.41) is 3.24. The normalized spacial score (nSPS) is 22.0. The fourth-order valence-electron chi connectivity index (χ4n) is 2.38. The summed E-state index contributed by atoms with van der Waals surface area (Å²) in [6.07, 6.45) is -2.57. The van der Waals surface area contributed by atoms with Crippen molar-refractivity contribution in [3.63, 3.8) is 0 Å². The lowest BCUT2D eigenvalue weighted by molar-refractivity contribution is -0.139. The second-order valence-electron chi connectivity index (χ2n) is 4.92. The molecule has 0 aromatic heterocycles. The molecule has 0 amide bonds. The topological polar surface area (TPSA) is 21.3 Å². The number of nitrogens with one attached hydrogen (secondary N) is 1. The van der Waals surface area contributed by atoms with Gasteiger partial charge in [0.05, 0.1) is 11.7 Å². The Bertz CT molecular complexity index is 413. The maximum atomic E-state index is 12.8. The van der Waals surface area contributed by atoms with Gasteiger partial charge in [-0.2, -0.15) is 13.2 Å². The van der Waals surface area contributed by atoms with Gasteiger partial charge in [-0.25, -0.2) is 0 Å². The molecule has 1 aromatic rings. The van der Waals surface area contributed by atoms with E-state index in [1.165, 1.54) is 12.1 Å². The van der Waals surface area contributed by atoms with Gasteiger partial charge in [0.15, 0.2) is 0 Å². The largest absolute Gasteiger partial charge is 0.490 e. The Labute approximate surface area is 111 Å². The molecule has 2 atom stereocenters. The van der Waals surface area contributed by atoms with E-state index in [4.69, 9.17) is 4.74 Å². The summed E-state index contributed by atoms with van der Waals surface area (Å²) in [4.78, 5) is 0. The van der Waals surface area contributed by atoms with Gasteiger partial charge in [0, 0.05) is 12.5 Å². The molecule has 5 heteroatoms. The van der Waals surface area contributed by atoms with Gasteiger partial charge in [0.1, 0.15) is 5.75 Å². The van der Waals surface area contributed by atoms with Crippen molar-refractivity contribution in [1.29, 1.82) is 0 Å². The van der Waals surface area contributed by atoms with E-state index < -0.39 is 11.7 Å². The van der Waals surface area contributed by atoms with E-state index in [0.29, 0.717) is 0 Å². The Morgan fingerprint density at radius 3 is 2.68 bits per heavy atom. The molecule has 0 bridgehead atoms. The van der Waals surface area contributed by atoms with Crippen LogP contribution in [0.5, 0.6) is 5.75 Å². The molecular formula is C14H18F3NO. The summed E-state index contributed by atoms with van der Waals surface area (Å²) in [5.74, 6) is 0.183. The second-order valence-corrected chi connectivity index (χ2v) is 4.92. The van der Waals surface area contributed by atoms with Gasteiger partial charge >= 0.3 is 6.18 Å². The molecule has 106 valence electrons. The first kappa shape index (κ1) is 14.2. The van der Waals surface area contributed by atoms with Crippen LogP contribution in [0.1, 0.15) is 25.3 Å². The lowest BCUT2D eigenvalue weighted by atomic mass is 9.94. The van der Waals surface area contributed by atoms with Gasteiger partial charge in [0.2, 0.25) is 0 Å². The molecule has 1 aliphatic heterocycles. The summed E-state index contributed by atoms with van der Waals surface area (Å²) >= 11 is 0. The first-order valence-electron chi connectivity index (χ1n) is 6.52. The molecule has 0 saturated carbocycles. The molecule has 2 rings (SSSR count). The van der Waals surface area contributed by atoms with Gasteiger partial charge in [0.25, 0.3) is 0 Å². The van der Waals surface area contributed by atoms with Crippen molar-refractivity contribution < 1.29 is 17.9 Å². The summed E-state index contributed by atoms with van der Waals surface area (Å²) in [6, 6.07) is 5.38. The number of ether oxygens (including phenoxy) is 1. The third kappa shape index (κ3) is 3.62. The van der Waals surface area contributed by atoms with E-state index in [0.717, 1.165) is 32.0 Å². The molecule has 2 nitrogen and oxygen atoms in total. The maximum absolute atomic E-state index is 12.8. The minimum Gasteiger partial charge on any atom is -0.490 e. The Morgan fingerprint density at radius 1 is 1.32 bits per heavy atom. The number of hydrogen-bond acceptors (Lipinski definition) is 2. The van der Waals surface area contributed by atoms with Crippen molar-refractivity contribution in [2.45, 2.75) is 32.0 Å². The van der Waals surface area contributed by atoms with E-state index in [2.05, 4.69) is 5.32 Å². The van der Waals surface area contributed by atoms with Gasteiger partial charge < -0.3 is 10.1 Å². The van der Waals surface area contributed by atoms with Crippen LogP contribution in [-0.4, -0.2) is 19.2 Å². The molecular weight excluding hydrogens is 255 g/mol. The number of alkyl halides is 3. The number of benzene rings is 1. The Morgan fingerprint density at radius 2 is 2.05 bits per heavy atom. The van der Waals surface area contributed by atoms with Crippen molar-refractivity contribution in [3.8, 4) is 5.75 Å². The van der Waals surface area contributed by atoms with Gasteiger partial charge in [-0.1, -0.05) is 12.1 Å². The highest BCUT2D eigenvalue weighted by molar-refractivity contribution is 5.35. The molecule has 1 N–H and O–H groups in total. The van der Waals surface area contributed by atoms with Gasteiger partial charge in [-0.05, 0) is 38.4 Å². The number of piperidine rings is 1. The first-order chi connectivity index (χ1) is 8.98. The standard InChI is InChI=1S/C14H18F3NO/c1-10(11-5-4-8-18-9-11)19-13-7-3-2-6-12(13)14(15,16)17/h2-3,6-7,10-11,18H,4-5,8-9H2,1H3. The molecule has 1 saturated heterocycles. The molecule has 0 aliphatic carbocycles. The second kappa shape index (κ2) is 5.82. The zero-order valence-electron chi connectivity index (χ0n) is 10.8. The lowest BCUT2D eigenvalue weighted by Crippen LogP contribution is -2.38. The van der Waals surface area contributed by atoms with E-state index >= 15 is 0 Å². The number of halogens is 3.